The van der Waals surface area contributed by atoms with E-state index in [-0.39, 0.29) is 17.9 Å². The van der Waals surface area contributed by atoms with Gasteiger partial charge >= 0.3 is 0 Å². The molecule has 19 heavy (non-hydrogen) atoms. The fourth-order valence-corrected chi connectivity index (χ4v) is 1.81. The lowest BCUT2D eigenvalue weighted by molar-refractivity contribution is 0.0806. The highest BCUT2D eigenvalue weighted by molar-refractivity contribution is 6.34. The second-order valence-electron chi connectivity index (χ2n) is 4.72. The first-order valence-corrected chi connectivity index (χ1v) is 6.77. The molecule has 0 bridgehead atoms. The molecule has 0 aliphatic rings. The van der Waals surface area contributed by atoms with E-state index in [1.807, 2.05) is 20.8 Å². The highest BCUT2D eigenvalue weighted by Crippen LogP contribution is 2.19. The molecule has 0 saturated heterocycles. The molecule has 3 N–H and O–H groups in total. The van der Waals surface area contributed by atoms with Crippen LogP contribution >= 0.6 is 11.6 Å². The molecule has 0 aliphatic heterocycles. The summed E-state index contributed by atoms with van der Waals surface area (Å²) in [4.78, 5) is 12.2. The smallest absolute Gasteiger partial charge is 0.253 e. The van der Waals surface area contributed by atoms with E-state index in [1.165, 1.54) is 0 Å². The monoisotopic (exact) mass is 284 g/mol. The van der Waals surface area contributed by atoms with Gasteiger partial charge in [-0.05, 0) is 31.0 Å². The number of carbonyl (C=O) groups excluding carboxylic acids is 1. The number of nitrogen functional groups attached to an aromatic ring is 1. The number of ether oxygens (including phenoxy) is 1. The number of rotatable bonds is 6. The Kier molecular flexibility index (Phi) is 6.12. The molecule has 1 atom stereocenters. The molecule has 1 unspecified atom stereocenters. The molecule has 4 nitrogen and oxygen atoms in total. The summed E-state index contributed by atoms with van der Waals surface area (Å²) in [6.07, 6.45) is 0. The van der Waals surface area contributed by atoms with Crippen molar-refractivity contribution < 1.29 is 9.53 Å². The van der Waals surface area contributed by atoms with Crippen LogP contribution in [-0.2, 0) is 4.74 Å². The standard InChI is InChI=1S/C14H21ClN2O2/c1-4-19-8-13(9(2)3)17-14(18)11-7-10(16)5-6-12(11)15/h5-7,9,13H,4,8,16H2,1-3H3,(H,17,18). The van der Waals surface area contributed by atoms with Crippen LogP contribution in [0.5, 0.6) is 0 Å². The zero-order chi connectivity index (χ0) is 14.4. The Morgan fingerprint density at radius 3 is 2.74 bits per heavy atom. The van der Waals surface area contributed by atoms with Crippen molar-refractivity contribution in [3.8, 4) is 0 Å². The second kappa shape index (κ2) is 7.36. The SMILES string of the molecule is CCOCC(NC(=O)c1cc(N)ccc1Cl)C(C)C. The molecule has 0 heterocycles. The Labute approximate surface area is 119 Å². The minimum atomic E-state index is -0.226. The first-order chi connectivity index (χ1) is 8.95. The quantitative estimate of drug-likeness (QED) is 0.790. The van der Waals surface area contributed by atoms with Crippen molar-refractivity contribution >= 4 is 23.2 Å². The minimum absolute atomic E-state index is 0.0510. The molecule has 0 saturated carbocycles. The minimum Gasteiger partial charge on any atom is -0.399 e. The van der Waals surface area contributed by atoms with Gasteiger partial charge in [-0.1, -0.05) is 25.4 Å². The summed E-state index contributed by atoms with van der Waals surface area (Å²) >= 11 is 6.01. The van der Waals surface area contributed by atoms with Crippen molar-refractivity contribution in [3.63, 3.8) is 0 Å². The van der Waals surface area contributed by atoms with Gasteiger partial charge in [-0.15, -0.1) is 0 Å². The first kappa shape index (κ1) is 15.8. The molecule has 0 radical (unpaired) electrons. The van der Waals surface area contributed by atoms with Gasteiger partial charge in [0.05, 0.1) is 23.2 Å². The fraction of sp³-hybridized carbons (Fsp3) is 0.500. The van der Waals surface area contributed by atoms with Gasteiger partial charge in [0.15, 0.2) is 0 Å². The van der Waals surface area contributed by atoms with Gasteiger partial charge in [0, 0.05) is 12.3 Å². The number of anilines is 1. The zero-order valence-electron chi connectivity index (χ0n) is 11.6. The van der Waals surface area contributed by atoms with Crippen molar-refractivity contribution in [1.82, 2.24) is 5.32 Å². The van der Waals surface area contributed by atoms with E-state index in [0.717, 1.165) is 0 Å². The first-order valence-electron chi connectivity index (χ1n) is 6.39. The zero-order valence-corrected chi connectivity index (χ0v) is 12.3. The van der Waals surface area contributed by atoms with E-state index >= 15 is 0 Å². The van der Waals surface area contributed by atoms with Crippen LogP contribution in [0.15, 0.2) is 18.2 Å². The van der Waals surface area contributed by atoms with Gasteiger partial charge in [-0.2, -0.15) is 0 Å². The van der Waals surface area contributed by atoms with Crippen LogP contribution < -0.4 is 11.1 Å². The van der Waals surface area contributed by atoms with E-state index in [1.54, 1.807) is 18.2 Å². The Morgan fingerprint density at radius 1 is 1.47 bits per heavy atom. The van der Waals surface area contributed by atoms with Gasteiger partial charge < -0.3 is 15.8 Å². The number of carbonyl (C=O) groups is 1. The lowest BCUT2D eigenvalue weighted by Crippen LogP contribution is -2.42. The average Bonchev–Trinajstić information content (AvgIpc) is 2.36. The molecule has 0 fully saturated rings. The van der Waals surface area contributed by atoms with E-state index in [2.05, 4.69) is 5.32 Å². The number of benzene rings is 1. The Hall–Kier alpha value is -1.26. The van der Waals surface area contributed by atoms with Crippen molar-refractivity contribution in [1.29, 1.82) is 0 Å². The maximum atomic E-state index is 12.2. The number of nitrogens with one attached hydrogen (secondary N) is 1. The second-order valence-corrected chi connectivity index (χ2v) is 5.13. The van der Waals surface area contributed by atoms with E-state index in [4.69, 9.17) is 22.1 Å². The number of hydrogen-bond donors (Lipinski definition) is 2. The molecular formula is C14H21ClN2O2. The normalized spacial score (nSPS) is 12.5. The van der Waals surface area contributed by atoms with Gasteiger partial charge in [0.1, 0.15) is 0 Å². The van der Waals surface area contributed by atoms with Crippen LogP contribution in [0.1, 0.15) is 31.1 Å². The summed E-state index contributed by atoms with van der Waals surface area (Å²) in [6.45, 7) is 7.10. The Morgan fingerprint density at radius 2 is 2.16 bits per heavy atom. The third-order valence-electron chi connectivity index (χ3n) is 2.86. The summed E-state index contributed by atoms with van der Waals surface area (Å²) in [5.41, 5.74) is 6.58. The molecular weight excluding hydrogens is 264 g/mol. The lowest BCUT2D eigenvalue weighted by Gasteiger charge is -2.22. The van der Waals surface area contributed by atoms with E-state index < -0.39 is 0 Å². The van der Waals surface area contributed by atoms with E-state index in [9.17, 15) is 4.79 Å². The lowest BCUT2D eigenvalue weighted by atomic mass is 10.0. The predicted molar refractivity (Wildman–Crippen MR) is 78.4 cm³/mol. The van der Waals surface area contributed by atoms with Gasteiger partial charge in [0.2, 0.25) is 0 Å². The Bertz CT molecular complexity index is 435. The largest absolute Gasteiger partial charge is 0.399 e. The van der Waals surface area contributed by atoms with Crippen LogP contribution in [0.25, 0.3) is 0 Å². The van der Waals surface area contributed by atoms with Crippen LogP contribution in [0.2, 0.25) is 5.02 Å². The van der Waals surface area contributed by atoms with Crippen LogP contribution in [0, 0.1) is 5.92 Å². The number of halogens is 1. The summed E-state index contributed by atoms with van der Waals surface area (Å²) in [6, 6.07) is 4.82. The summed E-state index contributed by atoms with van der Waals surface area (Å²) in [5, 5.41) is 3.33. The van der Waals surface area contributed by atoms with Gasteiger partial charge in [0.25, 0.3) is 5.91 Å². The third kappa shape index (κ3) is 4.73. The molecule has 0 spiro atoms. The van der Waals surface area contributed by atoms with Crippen LogP contribution in [0.3, 0.4) is 0 Å². The van der Waals surface area contributed by atoms with Gasteiger partial charge in [-0.25, -0.2) is 0 Å². The van der Waals surface area contributed by atoms with Gasteiger partial charge in [-0.3, -0.25) is 4.79 Å². The molecule has 1 aromatic carbocycles. The van der Waals surface area contributed by atoms with Crippen molar-refractivity contribution in [2.45, 2.75) is 26.8 Å². The number of nitrogens with two attached hydrogens (primary N) is 1. The molecule has 106 valence electrons. The summed E-state index contributed by atoms with van der Waals surface area (Å²) in [5.74, 6) is 0.0473. The molecule has 0 aromatic heterocycles. The fourth-order valence-electron chi connectivity index (χ4n) is 1.61. The average molecular weight is 285 g/mol. The Balaban J connectivity index is 2.78. The van der Waals surface area contributed by atoms with Crippen molar-refractivity contribution in [3.05, 3.63) is 28.8 Å². The molecule has 1 amide bonds. The van der Waals surface area contributed by atoms with Crippen molar-refractivity contribution in [2.75, 3.05) is 18.9 Å². The molecule has 0 aliphatic carbocycles. The number of amides is 1. The van der Waals surface area contributed by atoms with Crippen molar-refractivity contribution in [2.24, 2.45) is 5.92 Å². The van der Waals surface area contributed by atoms with Crippen LogP contribution in [-0.4, -0.2) is 25.2 Å². The molecule has 5 heteroatoms. The van der Waals surface area contributed by atoms with Crippen LogP contribution in [0.4, 0.5) is 5.69 Å². The maximum Gasteiger partial charge on any atom is 0.253 e. The summed E-state index contributed by atoms with van der Waals surface area (Å²) < 4.78 is 5.38. The number of hydrogen-bond acceptors (Lipinski definition) is 3. The highest BCUT2D eigenvalue weighted by atomic mass is 35.5. The highest BCUT2D eigenvalue weighted by Gasteiger charge is 2.19. The molecule has 1 aromatic rings. The maximum absolute atomic E-state index is 12.2. The predicted octanol–water partition coefficient (Wildman–Crippen LogP) is 2.71. The molecule has 1 rings (SSSR count). The third-order valence-corrected chi connectivity index (χ3v) is 3.19. The summed E-state index contributed by atoms with van der Waals surface area (Å²) in [7, 11) is 0. The topological polar surface area (TPSA) is 64.3 Å². The van der Waals surface area contributed by atoms with E-state index in [0.29, 0.717) is 29.5 Å².